The summed E-state index contributed by atoms with van der Waals surface area (Å²) in [6.45, 7) is 10.2. The van der Waals surface area contributed by atoms with E-state index in [-0.39, 0.29) is 0 Å². The molecule has 72 valence electrons. The van der Waals surface area contributed by atoms with Crippen molar-refractivity contribution in [3.63, 3.8) is 0 Å². The highest BCUT2D eigenvalue weighted by molar-refractivity contribution is 4.81. The molecule has 1 rings (SSSR count). The van der Waals surface area contributed by atoms with Gasteiger partial charge in [0.2, 0.25) is 0 Å². The Morgan fingerprint density at radius 1 is 1.50 bits per heavy atom. The van der Waals surface area contributed by atoms with Gasteiger partial charge < -0.3 is 10.6 Å². The Hall–Kier alpha value is -0.0800. The minimum atomic E-state index is 0.490. The largest absolute Gasteiger partial charge is 0.315 e. The number of hydrogen-bond acceptors (Lipinski definition) is 2. The van der Waals surface area contributed by atoms with Gasteiger partial charge in [0.25, 0.3) is 0 Å². The van der Waals surface area contributed by atoms with Crippen molar-refractivity contribution in [1.29, 1.82) is 0 Å². The smallest absolute Gasteiger partial charge is 0.0192 e. The summed E-state index contributed by atoms with van der Waals surface area (Å²) in [6.07, 6.45) is 2.64. The zero-order valence-electron chi connectivity index (χ0n) is 8.61. The van der Waals surface area contributed by atoms with Crippen molar-refractivity contribution in [3.05, 3.63) is 0 Å². The van der Waals surface area contributed by atoms with Crippen LogP contribution in [0.3, 0.4) is 0 Å². The third-order valence-electron chi connectivity index (χ3n) is 2.66. The summed E-state index contributed by atoms with van der Waals surface area (Å²) in [5, 5.41) is 7.01. The number of rotatable bonds is 2. The molecule has 0 aromatic rings. The predicted molar refractivity (Wildman–Crippen MR) is 53.3 cm³/mol. The second kappa shape index (κ2) is 4.24. The topological polar surface area (TPSA) is 24.1 Å². The van der Waals surface area contributed by atoms with Crippen LogP contribution in [-0.2, 0) is 0 Å². The molecule has 1 saturated heterocycles. The van der Waals surface area contributed by atoms with Crippen molar-refractivity contribution < 1.29 is 0 Å². The van der Waals surface area contributed by atoms with Crippen LogP contribution in [0.25, 0.3) is 0 Å². The van der Waals surface area contributed by atoms with Gasteiger partial charge >= 0.3 is 0 Å². The molecule has 0 spiro atoms. The summed E-state index contributed by atoms with van der Waals surface area (Å²) < 4.78 is 0. The van der Waals surface area contributed by atoms with Gasteiger partial charge in [0.1, 0.15) is 0 Å². The van der Waals surface area contributed by atoms with Crippen molar-refractivity contribution in [1.82, 2.24) is 10.6 Å². The maximum Gasteiger partial charge on any atom is 0.0192 e. The Kier molecular flexibility index (Phi) is 3.53. The molecule has 0 saturated carbocycles. The van der Waals surface area contributed by atoms with Gasteiger partial charge in [-0.05, 0) is 24.8 Å². The van der Waals surface area contributed by atoms with Crippen LogP contribution < -0.4 is 10.6 Å². The Morgan fingerprint density at radius 3 is 2.92 bits per heavy atom. The third kappa shape index (κ3) is 3.11. The van der Waals surface area contributed by atoms with Crippen LogP contribution in [-0.4, -0.2) is 25.7 Å². The molecule has 2 N–H and O–H groups in total. The molecule has 0 bridgehead atoms. The Morgan fingerprint density at radius 2 is 2.25 bits per heavy atom. The van der Waals surface area contributed by atoms with Gasteiger partial charge in [0.05, 0.1) is 0 Å². The highest BCUT2D eigenvalue weighted by Gasteiger charge is 2.23. The average molecular weight is 170 g/mol. The zero-order valence-corrected chi connectivity index (χ0v) is 8.61. The molecule has 1 atom stereocenters. The molecule has 0 aromatic carbocycles. The van der Waals surface area contributed by atoms with Crippen LogP contribution in [0.15, 0.2) is 0 Å². The van der Waals surface area contributed by atoms with Gasteiger partial charge in [-0.15, -0.1) is 0 Å². The van der Waals surface area contributed by atoms with Gasteiger partial charge in [-0.3, -0.25) is 0 Å². The van der Waals surface area contributed by atoms with Crippen LogP contribution in [0.1, 0.15) is 33.6 Å². The monoisotopic (exact) mass is 170 g/mol. The summed E-state index contributed by atoms with van der Waals surface area (Å²) >= 11 is 0. The molecular weight excluding hydrogens is 148 g/mol. The van der Waals surface area contributed by atoms with E-state index in [4.69, 9.17) is 0 Å². The lowest BCUT2D eigenvalue weighted by Gasteiger charge is -2.21. The van der Waals surface area contributed by atoms with Gasteiger partial charge in [-0.1, -0.05) is 20.8 Å². The second-order valence-corrected chi connectivity index (χ2v) is 4.59. The van der Waals surface area contributed by atoms with Crippen LogP contribution in [0.5, 0.6) is 0 Å². The first-order valence-corrected chi connectivity index (χ1v) is 5.08. The fraction of sp³-hybridized carbons (Fsp3) is 1.00. The summed E-state index contributed by atoms with van der Waals surface area (Å²) in [6, 6.07) is 0.691. The van der Waals surface area contributed by atoms with E-state index in [2.05, 4.69) is 31.4 Å². The minimum Gasteiger partial charge on any atom is -0.315 e. The van der Waals surface area contributed by atoms with Gasteiger partial charge in [-0.25, -0.2) is 0 Å². The zero-order chi connectivity index (χ0) is 9.03. The summed E-state index contributed by atoms with van der Waals surface area (Å²) in [7, 11) is 0. The van der Waals surface area contributed by atoms with Crippen LogP contribution in [0, 0.1) is 5.41 Å². The number of likely N-dealkylation sites (N-methyl/N-ethyl adjacent to an activating group) is 1. The number of nitrogens with one attached hydrogen (secondary N) is 2. The van der Waals surface area contributed by atoms with Crippen LogP contribution in [0.2, 0.25) is 0 Å². The molecule has 2 nitrogen and oxygen atoms in total. The fourth-order valence-corrected chi connectivity index (χ4v) is 1.80. The fourth-order valence-electron chi connectivity index (χ4n) is 1.80. The van der Waals surface area contributed by atoms with E-state index in [1.165, 1.54) is 12.8 Å². The minimum absolute atomic E-state index is 0.490. The van der Waals surface area contributed by atoms with Gasteiger partial charge in [0, 0.05) is 19.1 Å². The van der Waals surface area contributed by atoms with E-state index in [0.29, 0.717) is 11.5 Å². The van der Waals surface area contributed by atoms with E-state index >= 15 is 0 Å². The Balaban J connectivity index is 2.34. The maximum atomic E-state index is 3.51. The van der Waals surface area contributed by atoms with Crippen molar-refractivity contribution >= 4 is 0 Å². The maximum absolute atomic E-state index is 3.51. The summed E-state index contributed by atoms with van der Waals surface area (Å²) in [5.74, 6) is 0. The third-order valence-corrected chi connectivity index (χ3v) is 2.66. The highest BCUT2D eigenvalue weighted by Crippen LogP contribution is 2.24. The molecule has 1 fully saturated rings. The van der Waals surface area contributed by atoms with Gasteiger partial charge in [-0.2, -0.15) is 0 Å². The van der Waals surface area contributed by atoms with E-state index < -0.39 is 0 Å². The molecule has 1 unspecified atom stereocenters. The first kappa shape index (κ1) is 10.0. The first-order chi connectivity index (χ1) is 5.64. The number of hydrogen-bond donors (Lipinski definition) is 2. The lowest BCUT2D eigenvalue weighted by molar-refractivity contribution is 0.330. The molecule has 1 aliphatic rings. The Labute approximate surface area is 76.1 Å². The Bertz CT molecular complexity index is 132. The van der Waals surface area contributed by atoms with Crippen molar-refractivity contribution in [3.8, 4) is 0 Å². The molecule has 0 amide bonds. The standard InChI is InChI=1S/C10H22N2/c1-4-12-9-5-6-10(2,3)8-11-7-9/h9,11-12H,4-8H2,1-3H3. The highest BCUT2D eigenvalue weighted by atomic mass is 15.0. The summed E-state index contributed by atoms with van der Waals surface area (Å²) in [5.41, 5.74) is 0.490. The molecule has 12 heavy (non-hydrogen) atoms. The van der Waals surface area contributed by atoms with E-state index in [9.17, 15) is 0 Å². The van der Waals surface area contributed by atoms with E-state index in [0.717, 1.165) is 19.6 Å². The molecule has 1 heterocycles. The average Bonchev–Trinajstić information content (AvgIpc) is 2.14. The molecule has 2 heteroatoms. The van der Waals surface area contributed by atoms with E-state index in [1.54, 1.807) is 0 Å². The van der Waals surface area contributed by atoms with Crippen molar-refractivity contribution in [2.24, 2.45) is 5.41 Å². The van der Waals surface area contributed by atoms with Crippen LogP contribution in [0.4, 0.5) is 0 Å². The molecule has 1 aliphatic heterocycles. The molecular formula is C10H22N2. The molecule has 0 radical (unpaired) electrons. The quantitative estimate of drug-likeness (QED) is 0.654. The molecule has 0 aromatic heterocycles. The van der Waals surface area contributed by atoms with Crippen molar-refractivity contribution in [2.75, 3.05) is 19.6 Å². The second-order valence-electron chi connectivity index (χ2n) is 4.59. The lowest BCUT2D eigenvalue weighted by Crippen LogP contribution is -2.37. The van der Waals surface area contributed by atoms with E-state index in [1.807, 2.05) is 0 Å². The summed E-state index contributed by atoms with van der Waals surface area (Å²) in [4.78, 5) is 0. The predicted octanol–water partition coefficient (Wildman–Crippen LogP) is 1.37. The SMILES string of the molecule is CCNC1CCC(C)(C)CNC1. The molecule has 0 aliphatic carbocycles. The van der Waals surface area contributed by atoms with Crippen molar-refractivity contribution in [2.45, 2.75) is 39.7 Å². The lowest BCUT2D eigenvalue weighted by atomic mass is 9.88. The normalized spacial score (nSPS) is 29.8. The first-order valence-electron chi connectivity index (χ1n) is 5.08. The van der Waals surface area contributed by atoms with Gasteiger partial charge in [0.15, 0.2) is 0 Å². The van der Waals surface area contributed by atoms with Crippen LogP contribution >= 0.6 is 0 Å².